The molecule has 3 N–H and O–H groups in total. The Morgan fingerprint density at radius 3 is 2.55 bits per heavy atom. The van der Waals surface area contributed by atoms with Gasteiger partial charge in [0.1, 0.15) is 5.82 Å². The maximum atomic E-state index is 13.8. The first-order chi connectivity index (χ1) is 9.22. The van der Waals surface area contributed by atoms with Crippen molar-refractivity contribution in [2.24, 2.45) is 5.73 Å². The quantitative estimate of drug-likeness (QED) is 0.851. The van der Waals surface area contributed by atoms with Crippen molar-refractivity contribution in [2.45, 2.75) is 19.9 Å². The monoisotopic (exact) mass is 345 g/mol. The third kappa shape index (κ3) is 4.19. The lowest BCUT2D eigenvalue weighted by Gasteiger charge is -2.22. The molecule has 7 heteroatoms. The van der Waals surface area contributed by atoms with Crippen LogP contribution in [-0.2, 0) is 4.79 Å². The van der Waals surface area contributed by atoms with Crippen LogP contribution in [0, 0.1) is 5.82 Å². The maximum absolute atomic E-state index is 13.8. The number of likely N-dealkylation sites (N-methyl/N-ethyl adjacent to an activating group) is 1. The largest absolute Gasteiger partial charge is 0.365 e. The maximum Gasteiger partial charge on any atom is 0.253 e. The van der Waals surface area contributed by atoms with Crippen LogP contribution in [0.5, 0.6) is 0 Å². The van der Waals surface area contributed by atoms with E-state index in [4.69, 9.17) is 5.73 Å². The zero-order chi connectivity index (χ0) is 15.4. The van der Waals surface area contributed by atoms with Gasteiger partial charge in [0.15, 0.2) is 0 Å². The molecule has 0 atom stereocenters. The van der Waals surface area contributed by atoms with Crippen LogP contribution in [0.25, 0.3) is 0 Å². The molecule has 0 saturated heterocycles. The third-order valence-electron chi connectivity index (χ3n) is 2.52. The van der Waals surface area contributed by atoms with Crippen LogP contribution in [0.1, 0.15) is 24.2 Å². The molecule has 0 fully saturated rings. The average Bonchev–Trinajstić information content (AvgIpc) is 2.25. The number of hydrogen-bond donors (Lipinski definition) is 2. The summed E-state index contributed by atoms with van der Waals surface area (Å²) in [5.41, 5.74) is 5.23. The van der Waals surface area contributed by atoms with Gasteiger partial charge in [-0.05, 0) is 26.0 Å². The SMILES string of the molecule is CC(C)NC(=O)CN(C)c1cc(Br)cc(F)c1C(N)=O. The molecule has 0 bridgehead atoms. The first-order valence-electron chi connectivity index (χ1n) is 6.01. The molecule has 20 heavy (non-hydrogen) atoms. The van der Waals surface area contributed by atoms with Crippen molar-refractivity contribution in [1.82, 2.24) is 5.32 Å². The number of carbonyl (C=O) groups excluding carboxylic acids is 2. The molecule has 2 amide bonds. The summed E-state index contributed by atoms with van der Waals surface area (Å²) < 4.78 is 14.3. The predicted molar refractivity (Wildman–Crippen MR) is 79.2 cm³/mol. The smallest absolute Gasteiger partial charge is 0.253 e. The summed E-state index contributed by atoms with van der Waals surface area (Å²) in [6, 6.07) is 2.71. The lowest BCUT2D eigenvalue weighted by molar-refractivity contribution is -0.120. The molecule has 0 aromatic heterocycles. The highest BCUT2D eigenvalue weighted by molar-refractivity contribution is 9.10. The fourth-order valence-electron chi connectivity index (χ4n) is 1.77. The number of primary amides is 1. The molecule has 5 nitrogen and oxygen atoms in total. The molecular formula is C13H17BrFN3O2. The first kappa shape index (κ1) is 16.4. The number of anilines is 1. The minimum absolute atomic E-state index is 0.00533. The Labute approximate surface area is 125 Å². The van der Waals surface area contributed by atoms with Gasteiger partial charge in [0, 0.05) is 17.6 Å². The molecule has 1 aromatic rings. The van der Waals surface area contributed by atoms with Crippen LogP contribution in [0.2, 0.25) is 0 Å². The number of benzene rings is 1. The van der Waals surface area contributed by atoms with Gasteiger partial charge in [0.05, 0.1) is 17.8 Å². The van der Waals surface area contributed by atoms with Crippen LogP contribution in [-0.4, -0.2) is 31.4 Å². The van der Waals surface area contributed by atoms with E-state index < -0.39 is 11.7 Å². The summed E-state index contributed by atoms with van der Waals surface area (Å²) in [5, 5.41) is 2.72. The van der Waals surface area contributed by atoms with Crippen molar-refractivity contribution < 1.29 is 14.0 Å². The molecule has 0 heterocycles. The molecule has 0 aliphatic rings. The summed E-state index contributed by atoms with van der Waals surface area (Å²) in [6.45, 7) is 3.67. The topological polar surface area (TPSA) is 75.4 Å². The first-order valence-corrected chi connectivity index (χ1v) is 6.81. The van der Waals surface area contributed by atoms with Gasteiger partial charge in [0.2, 0.25) is 5.91 Å². The molecule has 0 radical (unpaired) electrons. The normalized spacial score (nSPS) is 10.5. The fourth-order valence-corrected chi connectivity index (χ4v) is 2.19. The van der Waals surface area contributed by atoms with Gasteiger partial charge in [-0.3, -0.25) is 9.59 Å². The van der Waals surface area contributed by atoms with E-state index in [1.165, 1.54) is 4.90 Å². The third-order valence-corrected chi connectivity index (χ3v) is 2.98. The molecular weight excluding hydrogens is 329 g/mol. The number of amides is 2. The molecule has 0 unspecified atom stereocenters. The molecule has 110 valence electrons. The summed E-state index contributed by atoms with van der Waals surface area (Å²) in [7, 11) is 1.59. The van der Waals surface area contributed by atoms with Crippen molar-refractivity contribution >= 4 is 33.4 Å². The van der Waals surface area contributed by atoms with Crippen molar-refractivity contribution in [2.75, 3.05) is 18.5 Å². The van der Waals surface area contributed by atoms with E-state index >= 15 is 0 Å². The van der Waals surface area contributed by atoms with E-state index in [0.717, 1.165) is 6.07 Å². The Bertz CT molecular complexity index is 535. The number of nitrogens with zero attached hydrogens (tertiary/aromatic N) is 1. The van der Waals surface area contributed by atoms with Gasteiger partial charge >= 0.3 is 0 Å². The second-order valence-corrected chi connectivity index (χ2v) is 5.64. The van der Waals surface area contributed by atoms with Gasteiger partial charge in [-0.2, -0.15) is 0 Å². The Balaban J connectivity index is 3.06. The summed E-state index contributed by atoms with van der Waals surface area (Å²) in [5.74, 6) is -1.82. The van der Waals surface area contributed by atoms with E-state index in [2.05, 4.69) is 21.2 Å². The van der Waals surface area contributed by atoms with Crippen LogP contribution in [0.4, 0.5) is 10.1 Å². The molecule has 0 spiro atoms. The number of rotatable bonds is 5. The van der Waals surface area contributed by atoms with Gasteiger partial charge in [-0.15, -0.1) is 0 Å². The van der Waals surface area contributed by atoms with Crippen LogP contribution in [0.3, 0.4) is 0 Å². The van der Waals surface area contributed by atoms with Crippen LogP contribution < -0.4 is 16.0 Å². The minimum atomic E-state index is -0.874. The fraction of sp³-hybridized carbons (Fsp3) is 0.385. The molecule has 1 aromatic carbocycles. The number of nitrogens with two attached hydrogens (primary N) is 1. The zero-order valence-electron chi connectivity index (χ0n) is 11.5. The van der Waals surface area contributed by atoms with E-state index in [9.17, 15) is 14.0 Å². The Morgan fingerprint density at radius 1 is 1.45 bits per heavy atom. The van der Waals surface area contributed by atoms with Gasteiger partial charge in [0.25, 0.3) is 5.91 Å². The second kappa shape index (κ2) is 6.69. The van der Waals surface area contributed by atoms with Gasteiger partial charge < -0.3 is 16.0 Å². The number of halogens is 2. The lowest BCUT2D eigenvalue weighted by Crippen LogP contribution is -2.39. The molecule has 1 rings (SSSR count). The lowest BCUT2D eigenvalue weighted by atomic mass is 10.1. The van der Waals surface area contributed by atoms with Crippen molar-refractivity contribution in [3.05, 3.63) is 28.0 Å². The van der Waals surface area contributed by atoms with E-state index in [1.807, 2.05) is 13.8 Å². The summed E-state index contributed by atoms with van der Waals surface area (Å²) >= 11 is 3.15. The average molecular weight is 346 g/mol. The summed E-state index contributed by atoms with van der Waals surface area (Å²) in [6.07, 6.45) is 0. The van der Waals surface area contributed by atoms with Crippen molar-refractivity contribution in [3.63, 3.8) is 0 Å². The van der Waals surface area contributed by atoms with Crippen molar-refractivity contribution in [3.8, 4) is 0 Å². The van der Waals surface area contributed by atoms with Gasteiger partial charge in [-0.25, -0.2) is 4.39 Å². The number of nitrogens with one attached hydrogen (secondary N) is 1. The molecule has 0 saturated carbocycles. The Hall–Kier alpha value is -1.63. The highest BCUT2D eigenvalue weighted by Gasteiger charge is 2.19. The predicted octanol–water partition coefficient (Wildman–Crippen LogP) is 1.65. The highest BCUT2D eigenvalue weighted by atomic mass is 79.9. The highest BCUT2D eigenvalue weighted by Crippen LogP contribution is 2.27. The van der Waals surface area contributed by atoms with E-state index in [0.29, 0.717) is 4.47 Å². The second-order valence-electron chi connectivity index (χ2n) is 4.72. The summed E-state index contributed by atoms with van der Waals surface area (Å²) in [4.78, 5) is 24.6. The molecule has 0 aliphatic heterocycles. The number of carbonyl (C=O) groups is 2. The van der Waals surface area contributed by atoms with Crippen LogP contribution in [0.15, 0.2) is 16.6 Å². The van der Waals surface area contributed by atoms with E-state index in [-0.39, 0.29) is 29.7 Å². The Kier molecular flexibility index (Phi) is 5.50. The molecule has 0 aliphatic carbocycles. The van der Waals surface area contributed by atoms with Gasteiger partial charge in [-0.1, -0.05) is 15.9 Å². The standard InChI is InChI=1S/C13H17BrFN3O2/c1-7(2)17-11(19)6-18(3)10-5-8(14)4-9(15)12(10)13(16)20/h4-5,7H,6H2,1-3H3,(H2,16,20)(H,17,19). The zero-order valence-corrected chi connectivity index (χ0v) is 13.1. The van der Waals surface area contributed by atoms with Crippen molar-refractivity contribution in [1.29, 1.82) is 0 Å². The van der Waals surface area contributed by atoms with E-state index in [1.54, 1.807) is 13.1 Å². The van der Waals surface area contributed by atoms with Crippen LogP contribution >= 0.6 is 15.9 Å². The number of hydrogen-bond acceptors (Lipinski definition) is 3. The Morgan fingerprint density at radius 2 is 2.05 bits per heavy atom. The minimum Gasteiger partial charge on any atom is -0.365 e.